The Morgan fingerprint density at radius 2 is 1.86 bits per heavy atom. The van der Waals surface area contributed by atoms with Crippen LogP contribution in [0, 0.1) is 5.92 Å². The molecule has 2 rings (SSSR count). The van der Waals surface area contributed by atoms with Gasteiger partial charge in [-0.25, -0.2) is 0 Å². The first-order valence-electron chi connectivity index (χ1n) is 8.81. The molecule has 0 aromatic heterocycles. The molecule has 0 heterocycles. The minimum Gasteiger partial charge on any atom is -0.309 e. The number of nitrogens with zero attached hydrogens (tertiary/aromatic N) is 1. The molecule has 1 unspecified atom stereocenters. The Balaban J connectivity index is 1.98. The summed E-state index contributed by atoms with van der Waals surface area (Å²) < 4.78 is 0. The molecule has 0 spiro atoms. The fourth-order valence-electron chi connectivity index (χ4n) is 3.15. The molecule has 21 heavy (non-hydrogen) atoms. The van der Waals surface area contributed by atoms with E-state index in [9.17, 15) is 0 Å². The molecular formula is C19H32N2. The van der Waals surface area contributed by atoms with Crippen molar-refractivity contribution in [2.24, 2.45) is 5.92 Å². The largest absolute Gasteiger partial charge is 0.309 e. The third-order valence-corrected chi connectivity index (χ3v) is 4.87. The van der Waals surface area contributed by atoms with Crippen LogP contribution in [0.3, 0.4) is 0 Å². The lowest BCUT2D eigenvalue weighted by Crippen LogP contribution is -2.39. The second-order valence-corrected chi connectivity index (χ2v) is 6.35. The smallest absolute Gasteiger partial charge is 0.0449 e. The molecule has 1 aromatic rings. The van der Waals surface area contributed by atoms with Gasteiger partial charge in [0.25, 0.3) is 0 Å². The molecule has 2 heteroatoms. The first kappa shape index (κ1) is 16.5. The van der Waals surface area contributed by atoms with Gasteiger partial charge in [0, 0.05) is 19.1 Å². The molecule has 2 nitrogen and oxygen atoms in total. The molecule has 1 atom stereocenters. The summed E-state index contributed by atoms with van der Waals surface area (Å²) in [5.41, 5.74) is 2.86. The minimum atomic E-state index is 0.459. The summed E-state index contributed by atoms with van der Waals surface area (Å²) in [5.74, 6) is 0.953. The van der Waals surface area contributed by atoms with Crippen molar-refractivity contribution in [3.63, 3.8) is 0 Å². The Morgan fingerprint density at radius 3 is 2.33 bits per heavy atom. The number of hydrogen-bond acceptors (Lipinski definition) is 2. The average molecular weight is 288 g/mol. The summed E-state index contributed by atoms with van der Waals surface area (Å²) in [6.07, 6.45) is 5.44. The van der Waals surface area contributed by atoms with E-state index < -0.39 is 0 Å². The lowest BCUT2D eigenvalue weighted by atomic mass is 9.85. The van der Waals surface area contributed by atoms with Crippen LogP contribution in [-0.2, 0) is 6.42 Å². The minimum absolute atomic E-state index is 0.459. The van der Waals surface area contributed by atoms with Crippen LogP contribution >= 0.6 is 0 Å². The van der Waals surface area contributed by atoms with Gasteiger partial charge in [-0.15, -0.1) is 0 Å². The molecule has 1 saturated carbocycles. The number of rotatable bonds is 9. The average Bonchev–Trinajstić information content (AvgIpc) is 2.48. The maximum atomic E-state index is 3.67. The molecule has 1 fully saturated rings. The Bertz CT molecular complexity index is 395. The van der Waals surface area contributed by atoms with Gasteiger partial charge in [0.1, 0.15) is 0 Å². The van der Waals surface area contributed by atoms with E-state index in [4.69, 9.17) is 0 Å². The highest BCUT2D eigenvalue weighted by molar-refractivity contribution is 5.25. The third-order valence-electron chi connectivity index (χ3n) is 4.87. The van der Waals surface area contributed by atoms with Gasteiger partial charge in [-0.1, -0.05) is 51.5 Å². The molecule has 0 amide bonds. The van der Waals surface area contributed by atoms with Crippen LogP contribution in [0.4, 0.5) is 0 Å². The van der Waals surface area contributed by atoms with Crippen LogP contribution in [-0.4, -0.2) is 31.1 Å². The van der Waals surface area contributed by atoms with Gasteiger partial charge in [-0.3, -0.25) is 0 Å². The second-order valence-electron chi connectivity index (χ2n) is 6.35. The highest BCUT2D eigenvalue weighted by Crippen LogP contribution is 2.27. The highest BCUT2D eigenvalue weighted by atomic mass is 15.1. The lowest BCUT2D eigenvalue weighted by Gasteiger charge is -2.34. The SMILES string of the molecule is CCNC(CN(CC)CC1CCC1)c1ccc(CC)cc1. The van der Waals surface area contributed by atoms with E-state index in [1.165, 1.54) is 36.9 Å². The van der Waals surface area contributed by atoms with E-state index >= 15 is 0 Å². The Kier molecular flexibility index (Phi) is 6.72. The van der Waals surface area contributed by atoms with E-state index in [1.807, 2.05) is 0 Å². The van der Waals surface area contributed by atoms with Crippen molar-refractivity contribution in [1.29, 1.82) is 0 Å². The molecule has 118 valence electrons. The van der Waals surface area contributed by atoms with E-state index in [0.29, 0.717) is 6.04 Å². The molecule has 0 bridgehead atoms. The molecule has 1 aliphatic rings. The lowest BCUT2D eigenvalue weighted by molar-refractivity contribution is 0.170. The quantitative estimate of drug-likeness (QED) is 0.738. The monoisotopic (exact) mass is 288 g/mol. The van der Waals surface area contributed by atoms with Crippen molar-refractivity contribution in [2.75, 3.05) is 26.2 Å². The normalized spacial score (nSPS) is 17.0. The topological polar surface area (TPSA) is 15.3 Å². The summed E-state index contributed by atoms with van der Waals surface area (Å²) in [7, 11) is 0. The number of nitrogens with one attached hydrogen (secondary N) is 1. The van der Waals surface area contributed by atoms with E-state index in [0.717, 1.165) is 32.0 Å². The van der Waals surface area contributed by atoms with Crippen molar-refractivity contribution in [1.82, 2.24) is 10.2 Å². The summed E-state index contributed by atoms with van der Waals surface area (Å²) in [6.45, 7) is 11.3. The van der Waals surface area contributed by atoms with Gasteiger partial charge in [0.05, 0.1) is 0 Å². The van der Waals surface area contributed by atoms with Crippen LogP contribution in [0.1, 0.15) is 57.2 Å². The fraction of sp³-hybridized carbons (Fsp3) is 0.684. The van der Waals surface area contributed by atoms with Crippen molar-refractivity contribution < 1.29 is 0 Å². The number of aryl methyl sites for hydroxylation is 1. The maximum Gasteiger partial charge on any atom is 0.0449 e. The number of benzene rings is 1. The zero-order valence-corrected chi connectivity index (χ0v) is 14.1. The second kappa shape index (κ2) is 8.55. The Morgan fingerprint density at radius 1 is 1.14 bits per heavy atom. The standard InChI is InChI=1S/C19H32N2/c1-4-16-10-12-18(13-11-16)19(20-5-2)15-21(6-3)14-17-8-7-9-17/h10-13,17,19-20H,4-9,14-15H2,1-3H3. The third kappa shape index (κ3) is 4.82. The molecule has 0 saturated heterocycles. The van der Waals surface area contributed by atoms with Crippen molar-refractivity contribution >= 4 is 0 Å². The predicted octanol–water partition coefficient (Wildman–Crippen LogP) is 4.02. The van der Waals surface area contributed by atoms with Crippen molar-refractivity contribution in [2.45, 2.75) is 52.5 Å². The van der Waals surface area contributed by atoms with Crippen molar-refractivity contribution in [3.05, 3.63) is 35.4 Å². The van der Waals surface area contributed by atoms with Crippen LogP contribution in [0.2, 0.25) is 0 Å². The van der Waals surface area contributed by atoms with Crippen molar-refractivity contribution in [3.8, 4) is 0 Å². The molecule has 0 aliphatic heterocycles. The molecule has 1 aliphatic carbocycles. The predicted molar refractivity (Wildman–Crippen MR) is 91.7 cm³/mol. The first-order chi connectivity index (χ1) is 10.3. The van der Waals surface area contributed by atoms with E-state index in [-0.39, 0.29) is 0 Å². The van der Waals surface area contributed by atoms with Gasteiger partial charge in [0.15, 0.2) is 0 Å². The van der Waals surface area contributed by atoms with Crippen LogP contribution in [0.25, 0.3) is 0 Å². The van der Waals surface area contributed by atoms with Crippen LogP contribution in [0.15, 0.2) is 24.3 Å². The van der Waals surface area contributed by atoms with Gasteiger partial charge in [-0.2, -0.15) is 0 Å². The molecule has 1 aromatic carbocycles. The Labute approximate surface area is 130 Å². The molecule has 1 N–H and O–H groups in total. The van der Waals surface area contributed by atoms with Crippen LogP contribution < -0.4 is 5.32 Å². The van der Waals surface area contributed by atoms with E-state index in [2.05, 4.69) is 55.3 Å². The maximum absolute atomic E-state index is 3.67. The molecule has 0 radical (unpaired) electrons. The van der Waals surface area contributed by atoms with Gasteiger partial charge in [0.2, 0.25) is 0 Å². The van der Waals surface area contributed by atoms with Gasteiger partial charge < -0.3 is 10.2 Å². The first-order valence-corrected chi connectivity index (χ1v) is 8.81. The van der Waals surface area contributed by atoms with E-state index in [1.54, 1.807) is 0 Å². The van der Waals surface area contributed by atoms with Gasteiger partial charge >= 0.3 is 0 Å². The zero-order chi connectivity index (χ0) is 15.1. The highest BCUT2D eigenvalue weighted by Gasteiger charge is 2.22. The molecular weight excluding hydrogens is 256 g/mol. The zero-order valence-electron chi connectivity index (χ0n) is 14.1. The summed E-state index contributed by atoms with van der Waals surface area (Å²) in [4.78, 5) is 2.63. The summed E-state index contributed by atoms with van der Waals surface area (Å²) in [6, 6.07) is 9.64. The number of likely N-dealkylation sites (N-methyl/N-ethyl adjacent to an activating group) is 2. The van der Waals surface area contributed by atoms with Gasteiger partial charge in [-0.05, 0) is 49.4 Å². The summed E-state index contributed by atoms with van der Waals surface area (Å²) >= 11 is 0. The number of hydrogen-bond donors (Lipinski definition) is 1. The van der Waals surface area contributed by atoms with Crippen LogP contribution in [0.5, 0.6) is 0 Å². The fourth-order valence-corrected chi connectivity index (χ4v) is 3.15. The Hall–Kier alpha value is -0.860. The summed E-state index contributed by atoms with van der Waals surface area (Å²) in [5, 5.41) is 3.67.